The summed E-state index contributed by atoms with van der Waals surface area (Å²) < 4.78 is 0. The lowest BCUT2D eigenvalue weighted by Crippen LogP contribution is -2.38. The maximum absolute atomic E-state index is 12.6. The molecule has 0 bridgehead atoms. The minimum absolute atomic E-state index is 0.117. The highest BCUT2D eigenvalue weighted by atomic mass is 16.2. The van der Waals surface area contributed by atoms with Gasteiger partial charge < -0.3 is 4.90 Å². The van der Waals surface area contributed by atoms with Crippen LogP contribution in [0.25, 0.3) is 0 Å². The number of fused-ring (bicyclic) bond motifs is 1. The van der Waals surface area contributed by atoms with Crippen LogP contribution >= 0.6 is 0 Å². The van der Waals surface area contributed by atoms with Crippen LogP contribution in [0.3, 0.4) is 0 Å². The highest BCUT2D eigenvalue weighted by Crippen LogP contribution is 2.29. The second-order valence-corrected chi connectivity index (χ2v) is 6.41. The van der Waals surface area contributed by atoms with Crippen LogP contribution in [0.2, 0.25) is 0 Å². The minimum Gasteiger partial charge on any atom is -0.343 e. The molecule has 3 rings (SSSR count). The van der Waals surface area contributed by atoms with Gasteiger partial charge in [0.15, 0.2) is 5.78 Å². The second-order valence-electron chi connectivity index (χ2n) is 6.41. The predicted molar refractivity (Wildman–Crippen MR) is 82.4 cm³/mol. The number of carbonyl (C=O) groups excluding carboxylic acids is 2. The lowest BCUT2D eigenvalue weighted by molar-refractivity contribution is -0.132. The normalized spacial score (nSPS) is 22.0. The Morgan fingerprint density at radius 1 is 1.24 bits per heavy atom. The zero-order valence-corrected chi connectivity index (χ0v) is 12.7. The quantitative estimate of drug-likeness (QED) is 0.837. The fourth-order valence-electron chi connectivity index (χ4n) is 3.50. The van der Waals surface area contributed by atoms with E-state index in [1.807, 2.05) is 17.9 Å². The first-order valence-corrected chi connectivity index (χ1v) is 8.06. The van der Waals surface area contributed by atoms with Gasteiger partial charge in [0.05, 0.1) is 0 Å². The van der Waals surface area contributed by atoms with Gasteiger partial charge in [-0.1, -0.05) is 17.7 Å². The third-order valence-electron chi connectivity index (χ3n) is 4.79. The predicted octanol–water partition coefficient (Wildman–Crippen LogP) is 3.14. The van der Waals surface area contributed by atoms with Crippen molar-refractivity contribution in [3.8, 4) is 0 Å². The maximum Gasteiger partial charge on any atom is 0.223 e. The molecule has 1 amide bonds. The Balaban J connectivity index is 1.70. The molecule has 1 aromatic rings. The Hall–Kier alpha value is -1.64. The number of rotatable bonds is 2. The molecule has 3 nitrogen and oxygen atoms in total. The fraction of sp³-hybridized carbons (Fsp3) is 0.556. The van der Waals surface area contributed by atoms with Gasteiger partial charge in [0.25, 0.3) is 0 Å². The van der Waals surface area contributed by atoms with Crippen molar-refractivity contribution in [1.82, 2.24) is 4.90 Å². The van der Waals surface area contributed by atoms with Gasteiger partial charge in [0.1, 0.15) is 0 Å². The molecule has 2 aliphatic rings. The van der Waals surface area contributed by atoms with Crippen molar-refractivity contribution in [3.05, 3.63) is 34.9 Å². The van der Waals surface area contributed by atoms with E-state index in [9.17, 15) is 9.59 Å². The summed E-state index contributed by atoms with van der Waals surface area (Å²) in [5.41, 5.74) is 3.11. The number of hydrogen-bond acceptors (Lipinski definition) is 2. The summed E-state index contributed by atoms with van der Waals surface area (Å²) in [4.78, 5) is 26.9. The van der Waals surface area contributed by atoms with Crippen molar-refractivity contribution in [1.29, 1.82) is 0 Å². The molecule has 112 valence electrons. The smallest absolute Gasteiger partial charge is 0.223 e. The van der Waals surface area contributed by atoms with Crippen molar-refractivity contribution < 1.29 is 9.59 Å². The van der Waals surface area contributed by atoms with E-state index < -0.39 is 0 Å². The average Bonchev–Trinajstić information content (AvgIpc) is 2.51. The highest BCUT2D eigenvalue weighted by Gasteiger charge is 2.30. The topological polar surface area (TPSA) is 37.4 Å². The number of aryl methyl sites for hydroxylation is 2. The number of nitrogens with zero attached hydrogens (tertiary/aromatic N) is 1. The van der Waals surface area contributed by atoms with Crippen molar-refractivity contribution in [2.45, 2.75) is 45.4 Å². The van der Waals surface area contributed by atoms with Gasteiger partial charge in [-0.15, -0.1) is 0 Å². The molecule has 1 atom stereocenters. The molecule has 21 heavy (non-hydrogen) atoms. The first-order chi connectivity index (χ1) is 10.1. The van der Waals surface area contributed by atoms with Crippen LogP contribution < -0.4 is 0 Å². The minimum atomic E-state index is -0.117. The fourth-order valence-corrected chi connectivity index (χ4v) is 3.50. The SMILES string of the molecule is Cc1ccc2c(c1)C(=O)C(CC(=O)N1CCCCC1)CC2. The van der Waals surface area contributed by atoms with Crippen molar-refractivity contribution in [2.75, 3.05) is 13.1 Å². The molecular formula is C18H23NO2. The summed E-state index contributed by atoms with van der Waals surface area (Å²) in [5.74, 6) is 0.225. The maximum atomic E-state index is 12.6. The highest BCUT2D eigenvalue weighted by molar-refractivity contribution is 6.02. The van der Waals surface area contributed by atoms with Gasteiger partial charge in [-0.25, -0.2) is 0 Å². The van der Waals surface area contributed by atoms with Crippen LogP contribution in [0.1, 0.15) is 53.6 Å². The van der Waals surface area contributed by atoms with E-state index >= 15 is 0 Å². The molecule has 1 aliphatic heterocycles. The van der Waals surface area contributed by atoms with Gasteiger partial charge in [-0.05, 0) is 50.7 Å². The molecule has 0 saturated carbocycles. The van der Waals surface area contributed by atoms with E-state index in [1.165, 1.54) is 6.42 Å². The van der Waals surface area contributed by atoms with Crippen molar-refractivity contribution in [3.63, 3.8) is 0 Å². The van der Waals surface area contributed by atoms with E-state index in [4.69, 9.17) is 0 Å². The average molecular weight is 285 g/mol. The van der Waals surface area contributed by atoms with Crippen molar-refractivity contribution >= 4 is 11.7 Å². The third-order valence-corrected chi connectivity index (χ3v) is 4.79. The molecule has 1 heterocycles. The van der Waals surface area contributed by atoms with Crippen LogP contribution in [0.15, 0.2) is 18.2 Å². The number of carbonyl (C=O) groups is 2. The number of Topliss-reactive ketones (excluding diaryl/α,β-unsaturated/α-hetero) is 1. The monoisotopic (exact) mass is 285 g/mol. The van der Waals surface area contributed by atoms with Gasteiger partial charge in [-0.3, -0.25) is 9.59 Å². The molecule has 0 radical (unpaired) electrons. The number of ketones is 1. The van der Waals surface area contributed by atoms with Crippen LogP contribution in [0.4, 0.5) is 0 Å². The lowest BCUT2D eigenvalue weighted by Gasteiger charge is -2.29. The summed E-state index contributed by atoms with van der Waals surface area (Å²) in [6, 6.07) is 6.10. The van der Waals surface area contributed by atoms with Gasteiger partial charge in [-0.2, -0.15) is 0 Å². The molecule has 1 saturated heterocycles. The molecule has 0 aromatic heterocycles. The Bertz CT molecular complexity index is 558. The summed E-state index contributed by atoms with van der Waals surface area (Å²) in [7, 11) is 0. The summed E-state index contributed by atoms with van der Waals surface area (Å²) in [6.07, 6.45) is 5.55. The third kappa shape index (κ3) is 3.02. The summed E-state index contributed by atoms with van der Waals surface area (Å²) in [6.45, 7) is 3.75. The Labute approximate surface area is 126 Å². The Kier molecular flexibility index (Phi) is 4.09. The molecule has 0 N–H and O–H groups in total. The standard InChI is InChI=1S/C18H23NO2/c1-13-5-6-14-7-8-15(18(21)16(14)11-13)12-17(20)19-9-3-2-4-10-19/h5-6,11,15H,2-4,7-10,12H2,1H3. The van der Waals surface area contributed by atoms with E-state index in [1.54, 1.807) is 0 Å². The number of likely N-dealkylation sites (tertiary alicyclic amines) is 1. The van der Waals surface area contributed by atoms with Gasteiger partial charge in [0, 0.05) is 31.0 Å². The van der Waals surface area contributed by atoms with Crippen LogP contribution in [-0.4, -0.2) is 29.7 Å². The Morgan fingerprint density at radius 3 is 2.76 bits per heavy atom. The van der Waals surface area contributed by atoms with Gasteiger partial charge >= 0.3 is 0 Å². The molecule has 1 aliphatic carbocycles. The summed E-state index contributed by atoms with van der Waals surface area (Å²) >= 11 is 0. The number of piperidine rings is 1. The lowest BCUT2D eigenvalue weighted by atomic mass is 9.80. The molecule has 3 heteroatoms. The first kappa shape index (κ1) is 14.3. The van der Waals surface area contributed by atoms with Crippen LogP contribution in [0, 0.1) is 12.8 Å². The first-order valence-electron chi connectivity index (χ1n) is 8.06. The Morgan fingerprint density at radius 2 is 2.00 bits per heavy atom. The largest absolute Gasteiger partial charge is 0.343 e. The van der Waals surface area contributed by atoms with Crippen molar-refractivity contribution in [2.24, 2.45) is 5.92 Å². The number of benzene rings is 1. The molecule has 1 unspecified atom stereocenters. The molecule has 1 fully saturated rings. The van der Waals surface area contributed by atoms with Crippen LogP contribution in [0.5, 0.6) is 0 Å². The number of amides is 1. The zero-order valence-electron chi connectivity index (χ0n) is 12.7. The molecular weight excluding hydrogens is 262 g/mol. The van der Waals surface area contributed by atoms with E-state index in [2.05, 4.69) is 12.1 Å². The van der Waals surface area contributed by atoms with Gasteiger partial charge in [0.2, 0.25) is 5.91 Å². The number of hydrogen-bond donors (Lipinski definition) is 0. The van der Waals surface area contributed by atoms with Crippen LogP contribution in [-0.2, 0) is 11.2 Å². The van der Waals surface area contributed by atoms with E-state index in [-0.39, 0.29) is 17.6 Å². The zero-order chi connectivity index (χ0) is 14.8. The summed E-state index contributed by atoms with van der Waals surface area (Å²) in [5, 5.41) is 0. The molecule has 1 aromatic carbocycles. The van der Waals surface area contributed by atoms with E-state index in [0.29, 0.717) is 6.42 Å². The second kappa shape index (κ2) is 6.00. The molecule has 0 spiro atoms. The van der Waals surface area contributed by atoms with E-state index in [0.717, 1.165) is 55.5 Å².